The van der Waals surface area contributed by atoms with Gasteiger partial charge >= 0.3 is 23.9 Å². The summed E-state index contributed by atoms with van der Waals surface area (Å²) in [6, 6.07) is 19.9. The quantitative estimate of drug-likeness (QED) is 0.102. The molecule has 1 N–H and O–H groups in total. The molecule has 0 spiro atoms. The summed E-state index contributed by atoms with van der Waals surface area (Å²) in [4.78, 5) is 76.2. The minimum Gasteiger partial charge on any atom is -0.508 e. The number of nitrogens with zero attached hydrogens (tertiary/aromatic N) is 3. The number of aromatic nitrogens is 2. The largest absolute Gasteiger partial charge is 0.508 e. The van der Waals surface area contributed by atoms with E-state index in [0.717, 1.165) is 10.9 Å². The standard InChI is InChI=1S/C54H49N3O16/c1-7-54(36-19-38-47-28(20-57(38)50(60)34(36)22-69-53(54)63)14-30-33(21-56(2)3)39(58)13-12-37(30)55-47)73-44(59)24-67-29-10-8-26(9-11-29)51(61)72-48-32-18-41-40(70-25-71-41)17-31(32)45(46-35(48)23-68-52(46)62)27-15-42(64-4)49(66-6)43(16-27)65-5/h8-19,35,45-46,48,58H,7,20-25H2,1-6H3/t35-,45?,46+,48?,54?/m1/s1. The zero-order valence-corrected chi connectivity index (χ0v) is 40.6. The van der Waals surface area contributed by atoms with Gasteiger partial charge in [0.25, 0.3) is 5.56 Å². The molecule has 0 radical (unpaired) electrons. The van der Waals surface area contributed by atoms with Crippen LogP contribution in [0.25, 0.3) is 22.3 Å². The van der Waals surface area contributed by atoms with Crippen molar-refractivity contribution < 1.29 is 71.7 Å². The van der Waals surface area contributed by atoms with E-state index in [9.17, 15) is 29.1 Å². The van der Waals surface area contributed by atoms with Crippen LogP contribution in [0.15, 0.2) is 77.6 Å². The number of hydrogen-bond donors (Lipinski definition) is 1. The molecule has 19 heteroatoms. The summed E-state index contributed by atoms with van der Waals surface area (Å²) in [5.41, 5.74) is 3.13. The smallest absolute Gasteiger partial charge is 0.355 e. The van der Waals surface area contributed by atoms with Gasteiger partial charge in [-0.15, -0.1) is 0 Å². The van der Waals surface area contributed by atoms with Crippen molar-refractivity contribution in [2.24, 2.45) is 11.8 Å². The van der Waals surface area contributed by atoms with E-state index in [1.54, 1.807) is 54.0 Å². The van der Waals surface area contributed by atoms with Crippen molar-refractivity contribution in [1.82, 2.24) is 14.5 Å². The molecule has 19 nitrogen and oxygen atoms in total. The summed E-state index contributed by atoms with van der Waals surface area (Å²) < 4.78 is 59.2. The Morgan fingerprint density at radius 1 is 0.877 bits per heavy atom. The van der Waals surface area contributed by atoms with Crippen molar-refractivity contribution in [1.29, 1.82) is 0 Å². The highest BCUT2D eigenvalue weighted by molar-refractivity contribution is 5.91. The molecule has 6 heterocycles. The second kappa shape index (κ2) is 18.1. The molecule has 1 fully saturated rings. The summed E-state index contributed by atoms with van der Waals surface area (Å²) in [6.45, 7) is 1.33. The molecule has 0 bridgehead atoms. The van der Waals surface area contributed by atoms with Crippen LogP contribution in [0.2, 0.25) is 0 Å². The van der Waals surface area contributed by atoms with E-state index in [1.807, 2.05) is 25.1 Å². The number of carbonyl (C=O) groups is 4. The lowest BCUT2D eigenvalue weighted by Crippen LogP contribution is -2.48. The fourth-order valence-corrected chi connectivity index (χ4v) is 10.9. The predicted molar refractivity (Wildman–Crippen MR) is 256 cm³/mol. The minimum atomic E-state index is -1.97. The molecule has 4 aliphatic heterocycles. The van der Waals surface area contributed by atoms with Gasteiger partial charge < -0.3 is 61.9 Å². The molecule has 5 atom stereocenters. The second-order valence-corrected chi connectivity index (χ2v) is 18.6. The van der Waals surface area contributed by atoms with Crippen LogP contribution in [-0.4, -0.2) is 98.9 Å². The van der Waals surface area contributed by atoms with E-state index < -0.39 is 65.5 Å². The fourth-order valence-electron chi connectivity index (χ4n) is 10.9. The van der Waals surface area contributed by atoms with E-state index >= 15 is 0 Å². The van der Waals surface area contributed by atoms with E-state index in [0.29, 0.717) is 74.5 Å². The van der Waals surface area contributed by atoms with Gasteiger partial charge in [-0.1, -0.05) is 6.92 Å². The number of rotatable bonds is 13. The number of aromatic hydroxyl groups is 1. The molecule has 1 aliphatic carbocycles. The van der Waals surface area contributed by atoms with E-state index in [4.69, 9.17) is 52.4 Å². The summed E-state index contributed by atoms with van der Waals surface area (Å²) in [7, 11) is 8.31. The SMILES string of the molecule is CCC1(OC(=O)COc2ccc(C(=O)OC3c4cc5c(cc4C(c4cc(OC)c(OC)c(OC)c4)[C@H]4C(=O)OC[C@@H]34)OCO5)cc2)C(=O)OCc2c1cc1n(c2=O)Cc2cc3c(CN(C)C)c(O)ccc3nc2-1. The zero-order valence-electron chi connectivity index (χ0n) is 40.6. The van der Waals surface area contributed by atoms with Crippen molar-refractivity contribution in [3.63, 3.8) is 0 Å². The molecule has 1 saturated heterocycles. The van der Waals surface area contributed by atoms with Crippen LogP contribution in [0.3, 0.4) is 0 Å². The Morgan fingerprint density at radius 3 is 2.29 bits per heavy atom. The van der Waals surface area contributed by atoms with Gasteiger partial charge in [0.05, 0.1) is 68.4 Å². The summed E-state index contributed by atoms with van der Waals surface area (Å²) in [6.07, 6.45) is -1.00. The third-order valence-corrected chi connectivity index (χ3v) is 14.4. The number of phenolic OH excluding ortho intramolecular Hbond substituents is 1. The van der Waals surface area contributed by atoms with Crippen molar-refractivity contribution in [3.8, 4) is 51.6 Å². The van der Waals surface area contributed by atoms with Crippen molar-refractivity contribution in [2.75, 3.05) is 55.4 Å². The van der Waals surface area contributed by atoms with Crippen LogP contribution >= 0.6 is 0 Å². The molecule has 4 aromatic carbocycles. The highest BCUT2D eigenvalue weighted by Gasteiger charge is 2.55. The number of hydrogen-bond acceptors (Lipinski definition) is 18. The molecular formula is C54H49N3O16. The lowest BCUT2D eigenvalue weighted by molar-refractivity contribution is -0.190. The summed E-state index contributed by atoms with van der Waals surface area (Å²) in [5.74, 6) is -2.49. The Balaban J connectivity index is 0.823. The van der Waals surface area contributed by atoms with Crippen LogP contribution in [-0.2, 0) is 58.6 Å². The highest BCUT2D eigenvalue weighted by Crippen LogP contribution is 2.57. The number of phenols is 1. The normalized spacial score (nSPS) is 20.8. The van der Waals surface area contributed by atoms with Gasteiger partial charge in [-0.25, -0.2) is 19.4 Å². The summed E-state index contributed by atoms with van der Waals surface area (Å²) >= 11 is 0. The maximum Gasteiger partial charge on any atom is 0.355 e. The van der Waals surface area contributed by atoms with Crippen molar-refractivity contribution >= 4 is 34.8 Å². The maximum absolute atomic E-state index is 14.2. The monoisotopic (exact) mass is 995 g/mol. The average molecular weight is 996 g/mol. The Labute approximate surface area is 416 Å². The number of cyclic esters (lactones) is 2. The fraction of sp³-hybridized carbons (Fsp3) is 0.333. The highest BCUT2D eigenvalue weighted by atomic mass is 16.7. The number of fused-ring (bicyclic) bond motifs is 8. The molecule has 6 aromatic rings. The Bertz CT molecular complexity index is 3340. The number of carbonyl (C=O) groups excluding carboxylic acids is 4. The predicted octanol–water partition coefficient (Wildman–Crippen LogP) is 6.06. The molecule has 11 rings (SSSR count). The van der Waals surface area contributed by atoms with E-state index in [2.05, 4.69) is 0 Å². The first-order chi connectivity index (χ1) is 35.2. The Morgan fingerprint density at radius 2 is 1.60 bits per heavy atom. The first-order valence-corrected chi connectivity index (χ1v) is 23.5. The van der Waals surface area contributed by atoms with E-state index in [-0.39, 0.29) is 61.2 Å². The number of pyridine rings is 2. The van der Waals surface area contributed by atoms with Crippen LogP contribution in [0.5, 0.6) is 40.2 Å². The topological polar surface area (TPSA) is 219 Å². The average Bonchev–Trinajstić information content (AvgIpc) is 4.12. The van der Waals surface area contributed by atoms with Crippen molar-refractivity contribution in [3.05, 3.63) is 128 Å². The first-order valence-electron chi connectivity index (χ1n) is 23.5. The van der Waals surface area contributed by atoms with Gasteiger partial charge in [0, 0.05) is 46.0 Å². The molecular weight excluding hydrogens is 947 g/mol. The zero-order chi connectivity index (χ0) is 51.0. The molecule has 376 valence electrons. The third-order valence-electron chi connectivity index (χ3n) is 14.4. The Hall–Kier alpha value is -8.32. The number of ether oxygens (including phenoxy) is 10. The molecule has 2 aromatic heterocycles. The third kappa shape index (κ3) is 7.67. The van der Waals surface area contributed by atoms with Gasteiger partial charge in [-0.2, -0.15) is 0 Å². The second-order valence-electron chi connectivity index (χ2n) is 18.6. The number of benzene rings is 4. The molecule has 0 saturated carbocycles. The summed E-state index contributed by atoms with van der Waals surface area (Å²) in [5, 5.41) is 11.5. The molecule has 5 aliphatic rings. The van der Waals surface area contributed by atoms with Crippen LogP contribution in [0, 0.1) is 11.8 Å². The maximum atomic E-state index is 14.2. The van der Waals surface area contributed by atoms with Crippen LogP contribution in [0.1, 0.15) is 74.7 Å². The number of esters is 4. The number of methoxy groups -OCH3 is 3. The van der Waals surface area contributed by atoms with Gasteiger partial charge in [0.15, 0.2) is 29.6 Å². The molecule has 73 heavy (non-hydrogen) atoms. The lowest BCUT2D eigenvalue weighted by atomic mass is 9.66. The van der Waals surface area contributed by atoms with Crippen LogP contribution in [0.4, 0.5) is 0 Å². The van der Waals surface area contributed by atoms with Gasteiger partial charge in [-0.3, -0.25) is 9.59 Å². The first kappa shape index (κ1) is 47.0. The Kier molecular flexibility index (Phi) is 11.6. The van der Waals surface area contributed by atoms with Gasteiger partial charge in [0.2, 0.25) is 18.1 Å². The van der Waals surface area contributed by atoms with E-state index in [1.165, 1.54) is 45.6 Å². The minimum absolute atomic E-state index is 0.0140. The lowest BCUT2D eigenvalue weighted by Gasteiger charge is -2.38. The van der Waals surface area contributed by atoms with Crippen LogP contribution < -0.4 is 34.0 Å². The molecule has 0 amide bonds. The van der Waals surface area contributed by atoms with Crippen molar-refractivity contribution in [2.45, 2.75) is 50.7 Å². The molecule has 3 unspecified atom stereocenters. The van der Waals surface area contributed by atoms with Gasteiger partial charge in [0.1, 0.15) is 24.2 Å². The van der Waals surface area contributed by atoms with Gasteiger partial charge in [-0.05, 0) is 104 Å².